The van der Waals surface area contributed by atoms with Crippen LogP contribution in [0.15, 0.2) is 28.7 Å². The maximum Gasteiger partial charge on any atom is 0.0384 e. The van der Waals surface area contributed by atoms with E-state index in [1.165, 1.54) is 31.2 Å². The third kappa shape index (κ3) is 2.37. The molecular formula is C16H22BrN. The number of hydrogen-bond donors (Lipinski definition) is 1. The van der Waals surface area contributed by atoms with Gasteiger partial charge in [0.25, 0.3) is 0 Å². The standard InChI is InChI=1S/C16H22BrN/c1-16(18,14-3-2-4-15(17)9-14)10-13-8-11-5-6-12(13)7-11/h2-4,9,11-13H,5-8,10,18H2,1H3. The maximum atomic E-state index is 6.60. The lowest BCUT2D eigenvalue weighted by Crippen LogP contribution is -2.36. The van der Waals surface area contributed by atoms with Crippen LogP contribution in [0, 0.1) is 17.8 Å². The molecule has 2 heteroatoms. The average molecular weight is 308 g/mol. The molecule has 1 aromatic carbocycles. The van der Waals surface area contributed by atoms with Gasteiger partial charge in [-0.15, -0.1) is 0 Å². The number of fused-ring (bicyclic) bond motifs is 2. The smallest absolute Gasteiger partial charge is 0.0384 e. The Labute approximate surface area is 118 Å². The molecule has 2 aliphatic carbocycles. The molecule has 2 bridgehead atoms. The fourth-order valence-corrected chi connectivity index (χ4v) is 4.53. The second-order valence-electron chi connectivity index (χ2n) is 6.57. The van der Waals surface area contributed by atoms with Crippen LogP contribution in [0.25, 0.3) is 0 Å². The molecule has 0 radical (unpaired) electrons. The Morgan fingerprint density at radius 3 is 2.78 bits per heavy atom. The van der Waals surface area contributed by atoms with Crippen molar-refractivity contribution in [2.45, 2.75) is 44.6 Å². The van der Waals surface area contributed by atoms with Crippen molar-refractivity contribution in [2.75, 3.05) is 0 Å². The van der Waals surface area contributed by atoms with E-state index in [1.807, 2.05) is 0 Å². The van der Waals surface area contributed by atoms with E-state index >= 15 is 0 Å². The van der Waals surface area contributed by atoms with Crippen LogP contribution in [0.1, 0.15) is 44.6 Å². The summed E-state index contributed by atoms with van der Waals surface area (Å²) >= 11 is 3.54. The minimum absolute atomic E-state index is 0.182. The molecule has 0 amide bonds. The summed E-state index contributed by atoms with van der Waals surface area (Å²) in [4.78, 5) is 0. The van der Waals surface area contributed by atoms with Crippen molar-refractivity contribution in [3.8, 4) is 0 Å². The van der Waals surface area contributed by atoms with Crippen molar-refractivity contribution < 1.29 is 0 Å². The molecule has 0 spiro atoms. The Hall–Kier alpha value is -0.340. The van der Waals surface area contributed by atoms with E-state index in [0.717, 1.165) is 28.6 Å². The first kappa shape index (κ1) is 12.7. The van der Waals surface area contributed by atoms with E-state index in [-0.39, 0.29) is 5.54 Å². The molecule has 0 aromatic heterocycles. The molecule has 98 valence electrons. The van der Waals surface area contributed by atoms with Gasteiger partial charge in [0.1, 0.15) is 0 Å². The van der Waals surface area contributed by atoms with Gasteiger partial charge >= 0.3 is 0 Å². The Kier molecular flexibility index (Phi) is 3.27. The Balaban J connectivity index is 1.74. The van der Waals surface area contributed by atoms with Gasteiger partial charge in [-0.2, -0.15) is 0 Å². The minimum atomic E-state index is -0.182. The van der Waals surface area contributed by atoms with Crippen molar-refractivity contribution in [3.05, 3.63) is 34.3 Å². The van der Waals surface area contributed by atoms with Gasteiger partial charge in [0.2, 0.25) is 0 Å². The zero-order valence-corrected chi connectivity index (χ0v) is 12.6. The number of benzene rings is 1. The molecule has 2 saturated carbocycles. The van der Waals surface area contributed by atoms with Crippen LogP contribution < -0.4 is 5.73 Å². The first-order valence-electron chi connectivity index (χ1n) is 7.09. The molecule has 1 nitrogen and oxygen atoms in total. The lowest BCUT2D eigenvalue weighted by Gasteiger charge is -2.32. The fraction of sp³-hybridized carbons (Fsp3) is 0.625. The number of halogens is 1. The molecule has 2 N–H and O–H groups in total. The van der Waals surface area contributed by atoms with Crippen LogP contribution >= 0.6 is 15.9 Å². The summed E-state index contributed by atoms with van der Waals surface area (Å²) in [6.45, 7) is 2.20. The van der Waals surface area contributed by atoms with Crippen LogP contribution in [0.3, 0.4) is 0 Å². The molecule has 18 heavy (non-hydrogen) atoms. The van der Waals surface area contributed by atoms with Crippen LogP contribution in [-0.2, 0) is 5.54 Å². The van der Waals surface area contributed by atoms with E-state index < -0.39 is 0 Å². The Morgan fingerprint density at radius 1 is 1.33 bits per heavy atom. The highest BCUT2D eigenvalue weighted by Gasteiger charge is 2.41. The van der Waals surface area contributed by atoms with Crippen LogP contribution in [-0.4, -0.2) is 0 Å². The largest absolute Gasteiger partial charge is 0.322 e. The minimum Gasteiger partial charge on any atom is -0.322 e. The normalized spacial score (nSPS) is 33.6. The number of nitrogens with two attached hydrogens (primary N) is 1. The van der Waals surface area contributed by atoms with E-state index in [0.29, 0.717) is 0 Å². The zero-order chi connectivity index (χ0) is 12.8. The monoisotopic (exact) mass is 307 g/mol. The SMILES string of the molecule is CC(N)(CC1CC2CCC1C2)c1cccc(Br)c1. The highest BCUT2D eigenvalue weighted by Crippen LogP contribution is 2.51. The molecular weight excluding hydrogens is 286 g/mol. The van der Waals surface area contributed by atoms with Gasteiger partial charge in [0, 0.05) is 10.0 Å². The molecule has 0 saturated heterocycles. The summed E-state index contributed by atoms with van der Waals surface area (Å²) in [7, 11) is 0. The average Bonchev–Trinajstić information content (AvgIpc) is 2.90. The summed E-state index contributed by atoms with van der Waals surface area (Å²) in [6.07, 6.45) is 6.96. The van der Waals surface area contributed by atoms with Gasteiger partial charge in [-0.25, -0.2) is 0 Å². The molecule has 0 aliphatic heterocycles. The third-order valence-electron chi connectivity index (χ3n) is 5.05. The van der Waals surface area contributed by atoms with Gasteiger partial charge < -0.3 is 5.73 Å². The second kappa shape index (κ2) is 4.64. The third-order valence-corrected chi connectivity index (χ3v) is 5.55. The number of hydrogen-bond acceptors (Lipinski definition) is 1. The molecule has 4 unspecified atom stereocenters. The summed E-state index contributed by atoms with van der Waals surface area (Å²) in [5.74, 6) is 2.83. The topological polar surface area (TPSA) is 26.0 Å². The van der Waals surface area contributed by atoms with Gasteiger partial charge in [-0.1, -0.05) is 34.5 Å². The van der Waals surface area contributed by atoms with Crippen molar-refractivity contribution in [2.24, 2.45) is 23.5 Å². The molecule has 2 fully saturated rings. The summed E-state index contributed by atoms with van der Waals surface area (Å²) < 4.78 is 1.13. The summed E-state index contributed by atoms with van der Waals surface area (Å²) in [5, 5.41) is 0. The Bertz CT molecular complexity index is 440. The van der Waals surface area contributed by atoms with Crippen molar-refractivity contribution in [3.63, 3.8) is 0 Å². The Morgan fingerprint density at radius 2 is 2.17 bits per heavy atom. The highest BCUT2D eigenvalue weighted by atomic mass is 79.9. The van der Waals surface area contributed by atoms with E-state index in [2.05, 4.69) is 47.1 Å². The molecule has 4 atom stereocenters. The maximum absolute atomic E-state index is 6.60. The van der Waals surface area contributed by atoms with Gasteiger partial charge in [-0.05, 0) is 68.1 Å². The number of rotatable bonds is 3. The van der Waals surface area contributed by atoms with Crippen molar-refractivity contribution in [1.29, 1.82) is 0 Å². The highest BCUT2D eigenvalue weighted by molar-refractivity contribution is 9.10. The lowest BCUT2D eigenvalue weighted by atomic mass is 9.77. The predicted octanol–water partition coefficient (Wildman–Crippen LogP) is 4.45. The molecule has 1 aromatic rings. The fourth-order valence-electron chi connectivity index (χ4n) is 4.13. The first-order valence-corrected chi connectivity index (χ1v) is 7.89. The summed E-state index contributed by atoms with van der Waals surface area (Å²) in [5.41, 5.74) is 7.68. The van der Waals surface area contributed by atoms with Crippen molar-refractivity contribution in [1.82, 2.24) is 0 Å². The van der Waals surface area contributed by atoms with Gasteiger partial charge in [0.05, 0.1) is 0 Å². The van der Waals surface area contributed by atoms with Gasteiger partial charge in [0.15, 0.2) is 0 Å². The van der Waals surface area contributed by atoms with Gasteiger partial charge in [-0.3, -0.25) is 0 Å². The summed E-state index contributed by atoms with van der Waals surface area (Å²) in [6, 6.07) is 8.49. The first-order chi connectivity index (χ1) is 8.54. The van der Waals surface area contributed by atoms with E-state index in [9.17, 15) is 0 Å². The lowest BCUT2D eigenvalue weighted by molar-refractivity contribution is 0.253. The quantitative estimate of drug-likeness (QED) is 0.877. The van der Waals surface area contributed by atoms with E-state index in [1.54, 1.807) is 0 Å². The predicted molar refractivity (Wildman–Crippen MR) is 79.2 cm³/mol. The second-order valence-corrected chi connectivity index (χ2v) is 7.48. The van der Waals surface area contributed by atoms with Crippen LogP contribution in [0.4, 0.5) is 0 Å². The molecule has 0 heterocycles. The molecule has 3 rings (SSSR count). The van der Waals surface area contributed by atoms with E-state index in [4.69, 9.17) is 5.73 Å². The molecule has 2 aliphatic rings. The zero-order valence-electron chi connectivity index (χ0n) is 11.0. The van der Waals surface area contributed by atoms with Crippen LogP contribution in [0.2, 0.25) is 0 Å². The van der Waals surface area contributed by atoms with Crippen LogP contribution in [0.5, 0.6) is 0 Å². The van der Waals surface area contributed by atoms with Crippen molar-refractivity contribution >= 4 is 15.9 Å².